The maximum atomic E-state index is 13.2. The minimum absolute atomic E-state index is 0.0214. The molecule has 0 spiro atoms. The Bertz CT molecular complexity index is 1380. The van der Waals surface area contributed by atoms with Crippen molar-refractivity contribution in [3.8, 4) is 5.69 Å². The number of nitrogens with one attached hydrogen (secondary N) is 1. The summed E-state index contributed by atoms with van der Waals surface area (Å²) in [5, 5.41) is 7.02. The fourth-order valence-electron chi connectivity index (χ4n) is 4.06. The lowest BCUT2D eigenvalue weighted by Crippen LogP contribution is -2.28. The zero-order valence-corrected chi connectivity index (χ0v) is 20.2. The van der Waals surface area contributed by atoms with Crippen LogP contribution in [0.15, 0.2) is 95.8 Å². The van der Waals surface area contributed by atoms with E-state index in [1.807, 2.05) is 79.7 Å². The molecule has 0 unspecified atom stereocenters. The molecule has 0 fully saturated rings. The Hall–Kier alpha value is -4.52. The molecule has 0 aliphatic rings. The standard InChI is InChI=1S/C29H27N3O4/c1-3-36-29(35)28-24(19-27(34)32(31-28)25-17-11-10-12-20(25)2)30-26(33)18-23(21-13-6-4-7-14-21)22-15-8-5-9-16-22/h4-17,19,23H,3,18H2,1-2H3,(H,30,33). The van der Waals surface area contributed by atoms with Gasteiger partial charge in [-0.3, -0.25) is 9.59 Å². The van der Waals surface area contributed by atoms with Crippen molar-refractivity contribution >= 4 is 17.6 Å². The van der Waals surface area contributed by atoms with Crippen molar-refractivity contribution in [3.05, 3.63) is 124 Å². The van der Waals surface area contributed by atoms with Gasteiger partial charge in [-0.1, -0.05) is 78.9 Å². The summed E-state index contributed by atoms with van der Waals surface area (Å²) in [6, 6.07) is 27.9. The molecular formula is C29H27N3O4. The number of carbonyl (C=O) groups is 2. The summed E-state index contributed by atoms with van der Waals surface area (Å²) in [6.07, 6.45) is 0.108. The number of esters is 1. The third-order valence-electron chi connectivity index (χ3n) is 5.81. The molecule has 1 heterocycles. The van der Waals surface area contributed by atoms with Crippen molar-refractivity contribution in [2.45, 2.75) is 26.2 Å². The fourth-order valence-corrected chi connectivity index (χ4v) is 4.06. The molecule has 1 aromatic heterocycles. The van der Waals surface area contributed by atoms with Crippen molar-refractivity contribution in [1.29, 1.82) is 0 Å². The van der Waals surface area contributed by atoms with E-state index in [4.69, 9.17) is 4.74 Å². The minimum atomic E-state index is -0.724. The highest BCUT2D eigenvalue weighted by Crippen LogP contribution is 2.28. The summed E-state index contributed by atoms with van der Waals surface area (Å²) in [7, 11) is 0. The summed E-state index contributed by atoms with van der Waals surface area (Å²) in [4.78, 5) is 38.9. The number of hydrogen-bond acceptors (Lipinski definition) is 5. The van der Waals surface area contributed by atoms with Crippen LogP contribution >= 0.6 is 0 Å². The fraction of sp³-hybridized carbons (Fsp3) is 0.172. The van der Waals surface area contributed by atoms with Gasteiger partial charge in [-0.15, -0.1) is 0 Å². The summed E-state index contributed by atoms with van der Waals surface area (Å²) in [6.45, 7) is 3.65. The molecule has 0 atom stereocenters. The highest BCUT2D eigenvalue weighted by molar-refractivity contribution is 6.00. The van der Waals surface area contributed by atoms with Crippen LogP contribution in [0.2, 0.25) is 0 Å². The van der Waals surface area contributed by atoms with Gasteiger partial charge in [0.05, 0.1) is 18.0 Å². The zero-order chi connectivity index (χ0) is 25.5. The number of para-hydroxylation sites is 1. The number of rotatable bonds is 8. The van der Waals surface area contributed by atoms with E-state index in [0.29, 0.717) is 5.69 Å². The van der Waals surface area contributed by atoms with Gasteiger partial charge in [-0.2, -0.15) is 9.78 Å². The second-order valence-electron chi connectivity index (χ2n) is 8.29. The van der Waals surface area contributed by atoms with Crippen LogP contribution in [0.4, 0.5) is 5.69 Å². The van der Waals surface area contributed by atoms with Crippen molar-refractivity contribution in [3.63, 3.8) is 0 Å². The first-order valence-electron chi connectivity index (χ1n) is 11.7. The van der Waals surface area contributed by atoms with Crippen molar-refractivity contribution < 1.29 is 14.3 Å². The van der Waals surface area contributed by atoms with Crippen LogP contribution in [-0.4, -0.2) is 28.3 Å². The molecule has 0 radical (unpaired) electrons. The molecule has 0 bridgehead atoms. The molecule has 1 N–H and O–H groups in total. The third-order valence-corrected chi connectivity index (χ3v) is 5.81. The van der Waals surface area contributed by atoms with Crippen LogP contribution in [0.25, 0.3) is 5.69 Å². The second kappa shape index (κ2) is 11.3. The number of carbonyl (C=O) groups excluding carboxylic acids is 2. The van der Waals surface area contributed by atoms with Gasteiger partial charge in [0.15, 0.2) is 5.69 Å². The topological polar surface area (TPSA) is 90.3 Å². The number of aromatic nitrogens is 2. The van der Waals surface area contributed by atoms with Crippen LogP contribution in [0.1, 0.15) is 46.4 Å². The molecule has 0 aliphatic heterocycles. The number of anilines is 1. The molecule has 7 heteroatoms. The van der Waals surface area contributed by atoms with Gasteiger partial charge < -0.3 is 10.1 Å². The van der Waals surface area contributed by atoms with Crippen LogP contribution < -0.4 is 10.9 Å². The summed E-state index contributed by atoms with van der Waals surface area (Å²) in [5.41, 5.74) is 2.73. The lowest BCUT2D eigenvalue weighted by molar-refractivity contribution is -0.116. The highest BCUT2D eigenvalue weighted by Gasteiger charge is 2.23. The SMILES string of the molecule is CCOC(=O)c1nn(-c2ccccc2C)c(=O)cc1NC(=O)CC(c1ccccc1)c1ccccc1. The van der Waals surface area contributed by atoms with E-state index in [2.05, 4.69) is 10.4 Å². The molecule has 0 saturated carbocycles. The van der Waals surface area contributed by atoms with Crippen LogP contribution in [0, 0.1) is 6.92 Å². The highest BCUT2D eigenvalue weighted by atomic mass is 16.5. The molecule has 4 aromatic rings. The Balaban J connectivity index is 1.68. The number of nitrogens with zero attached hydrogens (tertiary/aromatic N) is 2. The van der Waals surface area contributed by atoms with E-state index in [0.717, 1.165) is 21.4 Å². The number of ether oxygens (including phenoxy) is 1. The summed E-state index contributed by atoms with van der Waals surface area (Å²) >= 11 is 0. The van der Waals surface area contributed by atoms with Gasteiger partial charge in [0, 0.05) is 18.4 Å². The van der Waals surface area contributed by atoms with E-state index < -0.39 is 11.5 Å². The van der Waals surface area contributed by atoms with E-state index in [-0.39, 0.29) is 36.2 Å². The van der Waals surface area contributed by atoms with Crippen molar-refractivity contribution in [2.24, 2.45) is 0 Å². The first-order chi connectivity index (χ1) is 17.5. The molecule has 1 amide bonds. The van der Waals surface area contributed by atoms with Gasteiger partial charge >= 0.3 is 5.97 Å². The van der Waals surface area contributed by atoms with Crippen molar-refractivity contribution in [2.75, 3.05) is 11.9 Å². The second-order valence-corrected chi connectivity index (χ2v) is 8.29. The normalized spacial score (nSPS) is 10.8. The van der Waals surface area contributed by atoms with Crippen molar-refractivity contribution in [1.82, 2.24) is 9.78 Å². The molecular weight excluding hydrogens is 454 g/mol. The average Bonchev–Trinajstić information content (AvgIpc) is 2.89. The Morgan fingerprint density at radius 3 is 2.08 bits per heavy atom. The van der Waals surface area contributed by atoms with Gasteiger partial charge in [0.25, 0.3) is 5.56 Å². The molecule has 0 saturated heterocycles. The molecule has 36 heavy (non-hydrogen) atoms. The number of benzene rings is 3. The molecule has 3 aromatic carbocycles. The first kappa shape index (κ1) is 24.6. The van der Waals surface area contributed by atoms with Gasteiger partial charge in [0.1, 0.15) is 0 Å². The minimum Gasteiger partial charge on any atom is -0.461 e. The lowest BCUT2D eigenvalue weighted by atomic mass is 9.88. The number of aryl methyl sites for hydroxylation is 1. The quantitative estimate of drug-likeness (QED) is 0.362. The Labute approximate surface area is 209 Å². The Morgan fingerprint density at radius 1 is 0.917 bits per heavy atom. The number of amides is 1. The number of hydrogen-bond donors (Lipinski definition) is 1. The monoisotopic (exact) mass is 481 g/mol. The van der Waals surface area contributed by atoms with E-state index in [9.17, 15) is 14.4 Å². The first-order valence-corrected chi connectivity index (χ1v) is 11.7. The van der Waals surface area contributed by atoms with Crippen LogP contribution in [0.5, 0.6) is 0 Å². The van der Waals surface area contributed by atoms with E-state index in [1.165, 1.54) is 6.07 Å². The van der Waals surface area contributed by atoms with Gasteiger partial charge in [0.2, 0.25) is 5.91 Å². The predicted molar refractivity (Wildman–Crippen MR) is 139 cm³/mol. The molecule has 182 valence electrons. The van der Waals surface area contributed by atoms with E-state index >= 15 is 0 Å². The Kier molecular flexibility index (Phi) is 7.70. The van der Waals surface area contributed by atoms with E-state index in [1.54, 1.807) is 19.1 Å². The summed E-state index contributed by atoms with van der Waals surface area (Å²) in [5.74, 6) is -1.29. The molecule has 4 rings (SSSR count). The third kappa shape index (κ3) is 5.58. The van der Waals surface area contributed by atoms with Gasteiger partial charge in [-0.05, 0) is 36.6 Å². The summed E-state index contributed by atoms with van der Waals surface area (Å²) < 4.78 is 6.31. The zero-order valence-electron chi connectivity index (χ0n) is 20.2. The largest absolute Gasteiger partial charge is 0.461 e. The lowest BCUT2D eigenvalue weighted by Gasteiger charge is -2.18. The maximum Gasteiger partial charge on any atom is 0.360 e. The Morgan fingerprint density at radius 2 is 1.50 bits per heavy atom. The predicted octanol–water partition coefficient (Wildman–Crippen LogP) is 4.88. The smallest absolute Gasteiger partial charge is 0.360 e. The van der Waals surface area contributed by atoms with Gasteiger partial charge in [-0.25, -0.2) is 4.79 Å². The maximum absolute atomic E-state index is 13.2. The van der Waals surface area contributed by atoms with Crippen LogP contribution in [-0.2, 0) is 9.53 Å². The average molecular weight is 482 g/mol. The van der Waals surface area contributed by atoms with Crippen LogP contribution in [0.3, 0.4) is 0 Å². The molecule has 7 nitrogen and oxygen atoms in total. The molecule has 0 aliphatic carbocycles.